The lowest BCUT2D eigenvalue weighted by atomic mass is 9.97. The van der Waals surface area contributed by atoms with Crippen LogP contribution in [-0.4, -0.2) is 0 Å². The van der Waals surface area contributed by atoms with Crippen LogP contribution in [0.15, 0.2) is 36.4 Å². The molecule has 0 aromatic heterocycles. The van der Waals surface area contributed by atoms with Gasteiger partial charge in [0.25, 0.3) is 0 Å². The molecule has 0 fully saturated rings. The average molecular weight is 170 g/mol. The normalized spacial score (nSPS) is 14.8. The van der Waals surface area contributed by atoms with Gasteiger partial charge in [-0.2, -0.15) is 0 Å². The molecular formula is C13H14. The lowest BCUT2D eigenvalue weighted by Crippen LogP contribution is -1.89. The van der Waals surface area contributed by atoms with Gasteiger partial charge in [-0.25, -0.2) is 0 Å². The molecule has 0 spiro atoms. The molecule has 1 aromatic carbocycles. The van der Waals surface area contributed by atoms with Gasteiger partial charge in [-0.15, -0.1) is 0 Å². The largest absolute Gasteiger partial charge is 0.0801 e. The Kier molecular flexibility index (Phi) is 2.05. The zero-order valence-corrected chi connectivity index (χ0v) is 8.17. The molecule has 1 aromatic rings. The Morgan fingerprint density at radius 3 is 2.69 bits per heavy atom. The van der Waals surface area contributed by atoms with Crippen molar-refractivity contribution in [3.05, 3.63) is 53.1 Å². The Morgan fingerprint density at radius 2 is 2.00 bits per heavy atom. The number of aryl methyl sites for hydroxylation is 1. The first-order valence-electron chi connectivity index (χ1n) is 4.71. The first kappa shape index (κ1) is 8.31. The van der Waals surface area contributed by atoms with Gasteiger partial charge in [-0.05, 0) is 42.5 Å². The average Bonchev–Trinajstić information content (AvgIpc) is 2.62. The summed E-state index contributed by atoms with van der Waals surface area (Å²) in [6.45, 7) is 4.37. The van der Waals surface area contributed by atoms with Crippen LogP contribution in [0.1, 0.15) is 23.1 Å². The Balaban J connectivity index is 2.46. The third-order valence-electron chi connectivity index (χ3n) is 2.72. The summed E-state index contributed by atoms with van der Waals surface area (Å²) in [5, 5.41) is 0. The molecule has 0 saturated heterocycles. The predicted octanol–water partition coefficient (Wildman–Crippen LogP) is 3.65. The van der Waals surface area contributed by atoms with Crippen LogP contribution >= 0.6 is 0 Å². The topological polar surface area (TPSA) is 0 Å². The SMILES string of the molecule is Cc1cccc(C2=CC=CC2)c1C. The van der Waals surface area contributed by atoms with Crippen LogP contribution in [0, 0.1) is 13.8 Å². The molecule has 0 heteroatoms. The summed E-state index contributed by atoms with van der Waals surface area (Å²) in [5.74, 6) is 0. The molecule has 0 atom stereocenters. The first-order chi connectivity index (χ1) is 6.29. The van der Waals surface area contributed by atoms with Crippen LogP contribution in [0.5, 0.6) is 0 Å². The number of allylic oxidation sites excluding steroid dienone is 4. The summed E-state index contributed by atoms with van der Waals surface area (Å²) in [4.78, 5) is 0. The summed E-state index contributed by atoms with van der Waals surface area (Å²) in [6.07, 6.45) is 7.64. The summed E-state index contributed by atoms with van der Waals surface area (Å²) in [6, 6.07) is 6.51. The summed E-state index contributed by atoms with van der Waals surface area (Å²) >= 11 is 0. The number of rotatable bonds is 1. The molecule has 0 saturated carbocycles. The van der Waals surface area contributed by atoms with E-state index in [1.54, 1.807) is 0 Å². The molecule has 0 heterocycles. The van der Waals surface area contributed by atoms with Gasteiger partial charge in [-0.3, -0.25) is 0 Å². The molecule has 0 unspecified atom stereocenters. The highest BCUT2D eigenvalue weighted by molar-refractivity contribution is 5.73. The molecule has 0 nitrogen and oxygen atoms in total. The van der Waals surface area contributed by atoms with Crippen LogP contribution in [-0.2, 0) is 0 Å². The lowest BCUT2D eigenvalue weighted by Gasteiger charge is -2.08. The van der Waals surface area contributed by atoms with E-state index in [1.807, 2.05) is 0 Å². The third kappa shape index (κ3) is 1.44. The van der Waals surface area contributed by atoms with Crippen molar-refractivity contribution in [2.45, 2.75) is 20.3 Å². The second kappa shape index (κ2) is 3.21. The highest BCUT2D eigenvalue weighted by atomic mass is 14.1. The smallest absolute Gasteiger partial charge is 0.00883 e. The van der Waals surface area contributed by atoms with E-state index < -0.39 is 0 Å². The number of benzene rings is 1. The van der Waals surface area contributed by atoms with Gasteiger partial charge >= 0.3 is 0 Å². The van der Waals surface area contributed by atoms with Crippen LogP contribution in [0.3, 0.4) is 0 Å². The second-order valence-corrected chi connectivity index (χ2v) is 3.57. The van der Waals surface area contributed by atoms with E-state index in [0.29, 0.717) is 0 Å². The Hall–Kier alpha value is -1.30. The quantitative estimate of drug-likeness (QED) is 0.603. The van der Waals surface area contributed by atoms with Gasteiger partial charge < -0.3 is 0 Å². The number of hydrogen-bond donors (Lipinski definition) is 0. The lowest BCUT2D eigenvalue weighted by molar-refractivity contribution is 1.29. The molecule has 1 aliphatic rings. The second-order valence-electron chi connectivity index (χ2n) is 3.57. The van der Waals surface area contributed by atoms with Crippen LogP contribution in [0.4, 0.5) is 0 Å². The van der Waals surface area contributed by atoms with E-state index in [4.69, 9.17) is 0 Å². The fourth-order valence-corrected chi connectivity index (χ4v) is 1.75. The zero-order chi connectivity index (χ0) is 9.26. The van der Waals surface area contributed by atoms with Gasteiger partial charge in [-0.1, -0.05) is 36.4 Å². The maximum absolute atomic E-state index is 2.21. The molecule has 0 radical (unpaired) electrons. The Labute approximate surface area is 79.6 Å². The molecular weight excluding hydrogens is 156 g/mol. The minimum Gasteiger partial charge on any atom is -0.0801 e. The molecule has 1 aliphatic carbocycles. The molecule has 0 amide bonds. The van der Waals surface area contributed by atoms with E-state index in [2.05, 4.69) is 50.3 Å². The third-order valence-corrected chi connectivity index (χ3v) is 2.72. The van der Waals surface area contributed by atoms with Gasteiger partial charge in [0.2, 0.25) is 0 Å². The Bertz CT molecular complexity index is 381. The molecule has 2 rings (SSSR count). The van der Waals surface area contributed by atoms with E-state index in [9.17, 15) is 0 Å². The van der Waals surface area contributed by atoms with Crippen molar-refractivity contribution in [3.63, 3.8) is 0 Å². The number of hydrogen-bond acceptors (Lipinski definition) is 0. The van der Waals surface area contributed by atoms with Crippen molar-refractivity contribution in [2.24, 2.45) is 0 Å². The monoisotopic (exact) mass is 170 g/mol. The molecule has 66 valence electrons. The van der Waals surface area contributed by atoms with Crippen LogP contribution in [0.2, 0.25) is 0 Å². The van der Waals surface area contributed by atoms with Gasteiger partial charge in [0.1, 0.15) is 0 Å². The van der Waals surface area contributed by atoms with Crippen molar-refractivity contribution in [2.75, 3.05) is 0 Å². The predicted molar refractivity (Wildman–Crippen MR) is 57.7 cm³/mol. The highest BCUT2D eigenvalue weighted by Crippen LogP contribution is 2.27. The van der Waals surface area contributed by atoms with Crippen LogP contribution in [0.25, 0.3) is 5.57 Å². The summed E-state index contributed by atoms with van der Waals surface area (Å²) < 4.78 is 0. The molecule has 0 N–H and O–H groups in total. The molecule has 0 aliphatic heterocycles. The van der Waals surface area contributed by atoms with Crippen molar-refractivity contribution >= 4 is 5.57 Å². The van der Waals surface area contributed by atoms with Crippen LogP contribution < -0.4 is 0 Å². The van der Waals surface area contributed by atoms with E-state index in [-0.39, 0.29) is 0 Å². The minimum absolute atomic E-state index is 1.09. The summed E-state index contributed by atoms with van der Waals surface area (Å²) in [7, 11) is 0. The van der Waals surface area contributed by atoms with Crippen molar-refractivity contribution in [1.29, 1.82) is 0 Å². The van der Waals surface area contributed by atoms with Gasteiger partial charge in [0.15, 0.2) is 0 Å². The minimum atomic E-state index is 1.09. The van der Waals surface area contributed by atoms with Crippen molar-refractivity contribution < 1.29 is 0 Å². The Morgan fingerprint density at radius 1 is 1.15 bits per heavy atom. The van der Waals surface area contributed by atoms with E-state index in [1.165, 1.54) is 22.3 Å². The van der Waals surface area contributed by atoms with E-state index >= 15 is 0 Å². The first-order valence-corrected chi connectivity index (χ1v) is 4.71. The zero-order valence-electron chi connectivity index (χ0n) is 8.17. The van der Waals surface area contributed by atoms with Crippen molar-refractivity contribution in [3.8, 4) is 0 Å². The van der Waals surface area contributed by atoms with Gasteiger partial charge in [0, 0.05) is 0 Å². The fraction of sp³-hybridized carbons (Fsp3) is 0.231. The molecule has 0 bridgehead atoms. The maximum atomic E-state index is 2.21. The maximum Gasteiger partial charge on any atom is -0.00883 e. The van der Waals surface area contributed by atoms with E-state index in [0.717, 1.165) is 6.42 Å². The summed E-state index contributed by atoms with van der Waals surface area (Å²) in [5.41, 5.74) is 5.65. The van der Waals surface area contributed by atoms with Gasteiger partial charge in [0.05, 0.1) is 0 Å². The fourth-order valence-electron chi connectivity index (χ4n) is 1.75. The van der Waals surface area contributed by atoms with Crippen molar-refractivity contribution in [1.82, 2.24) is 0 Å². The molecule has 13 heavy (non-hydrogen) atoms. The highest BCUT2D eigenvalue weighted by Gasteiger charge is 2.06. The standard InChI is InChI=1S/C13H14/c1-10-6-5-9-13(11(10)2)12-7-3-4-8-12/h3-7,9H,8H2,1-2H3.